The molecule has 0 fully saturated rings. The van der Waals surface area contributed by atoms with Crippen molar-refractivity contribution in [3.8, 4) is 0 Å². The van der Waals surface area contributed by atoms with Crippen molar-refractivity contribution in [3.05, 3.63) is 64.9 Å². The SMILES string of the molecule is O=C(CSCc1ccccc1Cl)N/N=C/c1ccncc1. The minimum Gasteiger partial charge on any atom is -0.272 e. The van der Waals surface area contributed by atoms with Gasteiger partial charge in [-0.15, -0.1) is 11.8 Å². The Balaban J connectivity index is 1.71. The maximum atomic E-state index is 11.6. The molecule has 0 saturated carbocycles. The molecular formula is C15H14ClN3OS. The Morgan fingerprint density at radius 3 is 2.81 bits per heavy atom. The summed E-state index contributed by atoms with van der Waals surface area (Å²) in [5.41, 5.74) is 4.40. The minimum absolute atomic E-state index is 0.141. The number of hydrogen-bond donors (Lipinski definition) is 1. The molecule has 108 valence electrons. The van der Waals surface area contributed by atoms with E-state index in [1.807, 2.05) is 36.4 Å². The molecule has 0 spiro atoms. The van der Waals surface area contributed by atoms with E-state index in [1.54, 1.807) is 18.6 Å². The number of benzene rings is 1. The van der Waals surface area contributed by atoms with Gasteiger partial charge < -0.3 is 0 Å². The molecule has 0 aliphatic rings. The first-order valence-corrected chi connectivity index (χ1v) is 7.82. The molecule has 1 heterocycles. The number of aromatic nitrogens is 1. The lowest BCUT2D eigenvalue weighted by Crippen LogP contribution is -2.19. The highest BCUT2D eigenvalue weighted by Gasteiger charge is 2.02. The van der Waals surface area contributed by atoms with E-state index in [9.17, 15) is 4.79 Å². The fourth-order valence-electron chi connectivity index (χ4n) is 1.53. The lowest BCUT2D eigenvalue weighted by Gasteiger charge is -2.03. The molecule has 0 radical (unpaired) electrons. The van der Waals surface area contributed by atoms with Crippen molar-refractivity contribution in [1.82, 2.24) is 10.4 Å². The smallest absolute Gasteiger partial charge is 0.250 e. The molecular weight excluding hydrogens is 306 g/mol. The highest BCUT2D eigenvalue weighted by atomic mass is 35.5. The molecule has 0 aliphatic carbocycles. The molecule has 1 aromatic heterocycles. The topological polar surface area (TPSA) is 54.4 Å². The van der Waals surface area contributed by atoms with E-state index in [0.29, 0.717) is 11.5 Å². The molecule has 21 heavy (non-hydrogen) atoms. The van der Waals surface area contributed by atoms with Gasteiger partial charge in [-0.3, -0.25) is 9.78 Å². The summed E-state index contributed by atoms with van der Waals surface area (Å²) in [5.74, 6) is 0.887. The average molecular weight is 320 g/mol. The van der Waals surface area contributed by atoms with Crippen molar-refractivity contribution < 1.29 is 4.79 Å². The van der Waals surface area contributed by atoms with Gasteiger partial charge in [0.25, 0.3) is 0 Å². The van der Waals surface area contributed by atoms with E-state index in [-0.39, 0.29) is 5.91 Å². The van der Waals surface area contributed by atoms with Crippen LogP contribution in [0.2, 0.25) is 5.02 Å². The number of halogens is 1. The number of carbonyl (C=O) groups excluding carboxylic acids is 1. The fourth-order valence-corrected chi connectivity index (χ4v) is 2.64. The summed E-state index contributed by atoms with van der Waals surface area (Å²) in [6.07, 6.45) is 4.92. The van der Waals surface area contributed by atoms with Crippen LogP contribution >= 0.6 is 23.4 Å². The van der Waals surface area contributed by atoms with Gasteiger partial charge in [-0.05, 0) is 29.3 Å². The van der Waals surface area contributed by atoms with Gasteiger partial charge in [0, 0.05) is 23.2 Å². The van der Waals surface area contributed by atoms with E-state index >= 15 is 0 Å². The standard InChI is InChI=1S/C15H14ClN3OS/c16-14-4-2-1-3-13(14)10-21-11-15(20)19-18-9-12-5-7-17-8-6-12/h1-9H,10-11H2,(H,19,20)/b18-9+. The molecule has 0 saturated heterocycles. The molecule has 2 aromatic rings. The normalized spacial score (nSPS) is 10.7. The molecule has 0 aliphatic heterocycles. The summed E-state index contributed by atoms with van der Waals surface area (Å²) in [4.78, 5) is 15.5. The largest absolute Gasteiger partial charge is 0.272 e. The van der Waals surface area contributed by atoms with Gasteiger partial charge in [0.1, 0.15) is 0 Å². The van der Waals surface area contributed by atoms with Crippen molar-refractivity contribution in [2.24, 2.45) is 5.10 Å². The Labute approximate surface area is 132 Å². The third-order valence-electron chi connectivity index (χ3n) is 2.56. The fraction of sp³-hybridized carbons (Fsp3) is 0.133. The zero-order valence-electron chi connectivity index (χ0n) is 11.2. The Hall–Kier alpha value is -1.85. The first-order chi connectivity index (χ1) is 10.3. The van der Waals surface area contributed by atoms with Gasteiger partial charge in [0.05, 0.1) is 12.0 Å². The second-order valence-electron chi connectivity index (χ2n) is 4.16. The molecule has 0 atom stereocenters. The zero-order chi connectivity index (χ0) is 14.9. The van der Waals surface area contributed by atoms with Crippen molar-refractivity contribution in [2.45, 2.75) is 5.75 Å². The van der Waals surface area contributed by atoms with E-state index < -0.39 is 0 Å². The van der Waals surface area contributed by atoms with Gasteiger partial charge in [-0.25, -0.2) is 5.43 Å². The van der Waals surface area contributed by atoms with Crippen molar-refractivity contribution in [3.63, 3.8) is 0 Å². The summed E-state index contributed by atoms with van der Waals surface area (Å²) >= 11 is 7.54. The van der Waals surface area contributed by atoms with Gasteiger partial charge in [-0.1, -0.05) is 29.8 Å². The number of hydrazone groups is 1. The van der Waals surface area contributed by atoms with Crippen LogP contribution in [0.15, 0.2) is 53.9 Å². The monoisotopic (exact) mass is 319 g/mol. The molecule has 1 amide bonds. The Bertz CT molecular complexity index is 619. The van der Waals surface area contributed by atoms with Crippen molar-refractivity contribution in [2.75, 3.05) is 5.75 Å². The molecule has 0 unspecified atom stereocenters. The highest BCUT2D eigenvalue weighted by Crippen LogP contribution is 2.20. The number of thioether (sulfide) groups is 1. The third kappa shape index (κ3) is 5.57. The summed E-state index contributed by atoms with van der Waals surface area (Å²) in [6, 6.07) is 11.2. The Morgan fingerprint density at radius 2 is 2.05 bits per heavy atom. The number of carbonyl (C=O) groups is 1. The molecule has 6 heteroatoms. The number of pyridine rings is 1. The number of hydrogen-bond acceptors (Lipinski definition) is 4. The number of nitrogens with zero attached hydrogens (tertiary/aromatic N) is 2. The van der Waals surface area contributed by atoms with Crippen LogP contribution in [0.4, 0.5) is 0 Å². The number of rotatable bonds is 6. The van der Waals surface area contributed by atoms with Crippen LogP contribution in [-0.2, 0) is 10.5 Å². The lowest BCUT2D eigenvalue weighted by atomic mass is 10.2. The number of amides is 1. The first kappa shape index (κ1) is 15.5. The van der Waals surface area contributed by atoms with Crippen molar-refractivity contribution in [1.29, 1.82) is 0 Å². The van der Waals surface area contributed by atoms with Crippen molar-refractivity contribution >= 4 is 35.5 Å². The highest BCUT2D eigenvalue weighted by molar-refractivity contribution is 7.99. The molecule has 1 N–H and O–H groups in total. The Morgan fingerprint density at radius 1 is 1.29 bits per heavy atom. The summed E-state index contributed by atoms with van der Waals surface area (Å²) in [6.45, 7) is 0. The van der Waals surface area contributed by atoms with E-state index in [4.69, 9.17) is 11.6 Å². The molecule has 2 rings (SSSR count). The summed E-state index contributed by atoms with van der Waals surface area (Å²) < 4.78 is 0. The third-order valence-corrected chi connectivity index (χ3v) is 3.91. The molecule has 1 aromatic carbocycles. The van der Waals surface area contributed by atoms with Crippen LogP contribution in [0.5, 0.6) is 0 Å². The molecule has 4 nitrogen and oxygen atoms in total. The summed E-state index contributed by atoms with van der Waals surface area (Å²) in [7, 11) is 0. The van der Waals surface area contributed by atoms with Gasteiger partial charge >= 0.3 is 0 Å². The second-order valence-corrected chi connectivity index (χ2v) is 5.55. The van der Waals surface area contributed by atoms with Crippen LogP contribution in [0.3, 0.4) is 0 Å². The van der Waals surface area contributed by atoms with Gasteiger partial charge in [-0.2, -0.15) is 5.10 Å². The number of nitrogens with one attached hydrogen (secondary N) is 1. The van der Waals surface area contributed by atoms with Crippen LogP contribution in [-0.4, -0.2) is 22.9 Å². The van der Waals surface area contributed by atoms with Crippen LogP contribution in [0, 0.1) is 0 Å². The maximum Gasteiger partial charge on any atom is 0.250 e. The van der Waals surface area contributed by atoms with Crippen LogP contribution in [0.25, 0.3) is 0 Å². The average Bonchev–Trinajstić information content (AvgIpc) is 2.50. The first-order valence-electron chi connectivity index (χ1n) is 6.29. The van der Waals surface area contributed by atoms with Crippen LogP contribution < -0.4 is 5.43 Å². The Kier molecular flexibility index (Phi) is 6.24. The van der Waals surface area contributed by atoms with Gasteiger partial charge in [0.15, 0.2) is 0 Å². The second kappa shape index (κ2) is 8.44. The van der Waals surface area contributed by atoms with Crippen LogP contribution in [0.1, 0.15) is 11.1 Å². The van der Waals surface area contributed by atoms with E-state index in [1.165, 1.54) is 11.8 Å². The van der Waals surface area contributed by atoms with E-state index in [2.05, 4.69) is 15.5 Å². The quantitative estimate of drug-likeness (QED) is 0.657. The maximum absolute atomic E-state index is 11.6. The predicted octanol–water partition coefficient (Wildman–Crippen LogP) is 3.12. The van der Waals surface area contributed by atoms with E-state index in [0.717, 1.165) is 16.1 Å². The molecule has 0 bridgehead atoms. The zero-order valence-corrected chi connectivity index (χ0v) is 12.8. The predicted molar refractivity (Wildman–Crippen MR) is 87.6 cm³/mol. The lowest BCUT2D eigenvalue weighted by molar-refractivity contribution is -0.118. The minimum atomic E-state index is -0.141. The van der Waals surface area contributed by atoms with Gasteiger partial charge in [0.2, 0.25) is 5.91 Å². The summed E-state index contributed by atoms with van der Waals surface area (Å²) in [5, 5.41) is 4.62.